The highest BCUT2D eigenvalue weighted by Gasteiger charge is 2.22. The number of hydrogen-bond donors (Lipinski definition) is 1. The highest BCUT2D eigenvalue weighted by Crippen LogP contribution is 2.20. The molecule has 0 bridgehead atoms. The van der Waals surface area contributed by atoms with Crippen LogP contribution in [0.1, 0.15) is 18.9 Å². The molecule has 3 rings (SSSR count). The number of pyridine rings is 1. The average Bonchev–Trinajstić information content (AvgIpc) is 2.99. The van der Waals surface area contributed by atoms with Crippen molar-refractivity contribution in [3.05, 3.63) is 40.2 Å². The number of benzene rings is 1. The number of fused-ring (bicyclic) bond motifs is 1. The molecule has 1 fully saturated rings. The molecule has 1 aromatic carbocycles. The Kier molecular flexibility index (Phi) is 5.21. The molecule has 1 aromatic heterocycles. The van der Waals surface area contributed by atoms with Gasteiger partial charge in [0, 0.05) is 31.3 Å². The number of hydrogen-bond acceptors (Lipinski definition) is 4. The van der Waals surface area contributed by atoms with E-state index >= 15 is 0 Å². The molecule has 24 heavy (non-hydrogen) atoms. The van der Waals surface area contributed by atoms with E-state index in [0.717, 1.165) is 41.9 Å². The molecule has 2 aromatic rings. The molecule has 0 radical (unpaired) electrons. The molecule has 130 valence electrons. The Hall–Kier alpha value is -1.85. The minimum Gasteiger partial charge on any atom is -0.497 e. The first kappa shape index (κ1) is 17.0. The lowest BCUT2D eigenvalue weighted by Crippen LogP contribution is -2.32. The van der Waals surface area contributed by atoms with Crippen molar-refractivity contribution in [2.75, 3.05) is 40.3 Å². The standard InChI is InChI=1S/C19H27N3O2/c1-4-22(12-14-7-8-21(2)11-14)13-16-9-15-5-6-17(24-3)10-18(15)20-19(16)23/h5-6,9-10,14H,4,7-8,11-13H2,1-3H3,(H,20,23)/t14-/m1/s1. The highest BCUT2D eigenvalue weighted by molar-refractivity contribution is 5.80. The van der Waals surface area contributed by atoms with E-state index in [-0.39, 0.29) is 5.56 Å². The van der Waals surface area contributed by atoms with Gasteiger partial charge in [-0.25, -0.2) is 0 Å². The van der Waals surface area contributed by atoms with E-state index in [0.29, 0.717) is 12.5 Å². The first-order chi connectivity index (χ1) is 11.6. The zero-order valence-corrected chi connectivity index (χ0v) is 14.8. The van der Waals surface area contributed by atoms with Crippen LogP contribution in [0.2, 0.25) is 0 Å². The molecule has 2 heterocycles. The zero-order chi connectivity index (χ0) is 17.1. The van der Waals surface area contributed by atoms with E-state index in [1.54, 1.807) is 7.11 Å². The fourth-order valence-electron chi connectivity index (χ4n) is 3.56. The van der Waals surface area contributed by atoms with Crippen molar-refractivity contribution in [1.29, 1.82) is 0 Å². The number of nitrogens with one attached hydrogen (secondary N) is 1. The molecule has 5 heteroatoms. The van der Waals surface area contributed by atoms with Crippen LogP contribution in [0.4, 0.5) is 0 Å². The second kappa shape index (κ2) is 7.36. The maximum absolute atomic E-state index is 12.4. The number of rotatable bonds is 6. The van der Waals surface area contributed by atoms with Gasteiger partial charge >= 0.3 is 0 Å². The summed E-state index contributed by atoms with van der Waals surface area (Å²) in [6, 6.07) is 7.80. The Balaban J connectivity index is 1.77. The van der Waals surface area contributed by atoms with Gasteiger partial charge in [0.15, 0.2) is 0 Å². The number of likely N-dealkylation sites (tertiary alicyclic amines) is 1. The summed E-state index contributed by atoms with van der Waals surface area (Å²) in [4.78, 5) is 20.2. The average molecular weight is 329 g/mol. The summed E-state index contributed by atoms with van der Waals surface area (Å²) in [5, 5.41) is 1.04. The summed E-state index contributed by atoms with van der Waals surface area (Å²) >= 11 is 0. The van der Waals surface area contributed by atoms with Crippen LogP contribution in [0, 0.1) is 5.92 Å². The van der Waals surface area contributed by atoms with E-state index in [1.165, 1.54) is 13.0 Å². The van der Waals surface area contributed by atoms with Crippen LogP contribution >= 0.6 is 0 Å². The van der Waals surface area contributed by atoms with Crippen LogP contribution in [-0.4, -0.2) is 55.1 Å². The van der Waals surface area contributed by atoms with Gasteiger partial charge in [0.05, 0.1) is 12.6 Å². The van der Waals surface area contributed by atoms with E-state index < -0.39 is 0 Å². The minimum absolute atomic E-state index is 0.00209. The molecule has 0 unspecified atom stereocenters. The summed E-state index contributed by atoms with van der Waals surface area (Å²) in [6.45, 7) is 7.22. The number of aromatic amines is 1. The van der Waals surface area contributed by atoms with E-state index in [4.69, 9.17) is 4.74 Å². The zero-order valence-electron chi connectivity index (χ0n) is 14.8. The quantitative estimate of drug-likeness (QED) is 0.883. The van der Waals surface area contributed by atoms with Gasteiger partial charge in [0.1, 0.15) is 5.75 Å². The first-order valence-corrected chi connectivity index (χ1v) is 8.70. The predicted octanol–water partition coefficient (Wildman–Crippen LogP) is 2.31. The third kappa shape index (κ3) is 3.79. The Morgan fingerprint density at radius 1 is 1.38 bits per heavy atom. The third-order valence-electron chi connectivity index (χ3n) is 4.98. The number of aromatic nitrogens is 1. The van der Waals surface area contributed by atoms with Crippen LogP contribution in [0.5, 0.6) is 5.75 Å². The van der Waals surface area contributed by atoms with E-state index in [1.807, 2.05) is 24.3 Å². The van der Waals surface area contributed by atoms with Crippen molar-refractivity contribution >= 4 is 10.9 Å². The molecule has 1 atom stereocenters. The predicted molar refractivity (Wildman–Crippen MR) is 97.7 cm³/mol. The van der Waals surface area contributed by atoms with Crippen molar-refractivity contribution in [1.82, 2.24) is 14.8 Å². The van der Waals surface area contributed by atoms with Crippen LogP contribution in [0.3, 0.4) is 0 Å². The van der Waals surface area contributed by atoms with Crippen LogP contribution in [-0.2, 0) is 6.54 Å². The van der Waals surface area contributed by atoms with Gasteiger partial charge < -0.3 is 14.6 Å². The SMILES string of the molecule is CCN(Cc1cc2ccc(OC)cc2[nH]c1=O)C[C@@H]1CCN(C)C1. The third-order valence-corrected chi connectivity index (χ3v) is 4.98. The summed E-state index contributed by atoms with van der Waals surface area (Å²) < 4.78 is 5.22. The monoisotopic (exact) mass is 329 g/mol. The summed E-state index contributed by atoms with van der Waals surface area (Å²) in [6.07, 6.45) is 1.25. The smallest absolute Gasteiger partial charge is 0.252 e. The van der Waals surface area contributed by atoms with Crippen molar-refractivity contribution < 1.29 is 4.74 Å². The maximum Gasteiger partial charge on any atom is 0.252 e. The van der Waals surface area contributed by atoms with Crippen molar-refractivity contribution in [3.8, 4) is 5.75 Å². The Morgan fingerprint density at radius 3 is 2.88 bits per heavy atom. The van der Waals surface area contributed by atoms with Gasteiger partial charge in [-0.1, -0.05) is 6.92 Å². The molecular formula is C19H27N3O2. The Labute approximate surface area is 143 Å². The van der Waals surface area contributed by atoms with Gasteiger partial charge in [0.2, 0.25) is 0 Å². The number of methoxy groups -OCH3 is 1. The summed E-state index contributed by atoms with van der Waals surface area (Å²) in [7, 11) is 3.81. The lowest BCUT2D eigenvalue weighted by atomic mass is 10.1. The largest absolute Gasteiger partial charge is 0.497 e. The molecule has 1 aliphatic heterocycles. The normalized spacial score (nSPS) is 18.6. The number of H-pyrrole nitrogens is 1. The van der Waals surface area contributed by atoms with Gasteiger partial charge in [-0.2, -0.15) is 0 Å². The second-order valence-corrected chi connectivity index (χ2v) is 6.82. The molecule has 0 saturated carbocycles. The van der Waals surface area contributed by atoms with Gasteiger partial charge in [-0.05, 0) is 56.1 Å². The van der Waals surface area contributed by atoms with Crippen LogP contribution < -0.4 is 10.3 Å². The maximum atomic E-state index is 12.4. The molecule has 0 spiro atoms. The molecule has 1 aliphatic rings. The van der Waals surface area contributed by atoms with Gasteiger partial charge in [0.25, 0.3) is 5.56 Å². The fourth-order valence-corrected chi connectivity index (χ4v) is 3.56. The molecule has 0 amide bonds. The van der Waals surface area contributed by atoms with Crippen molar-refractivity contribution in [2.45, 2.75) is 19.9 Å². The molecule has 1 N–H and O–H groups in total. The lowest BCUT2D eigenvalue weighted by Gasteiger charge is -2.24. The number of nitrogens with zero attached hydrogens (tertiary/aromatic N) is 2. The molecular weight excluding hydrogens is 302 g/mol. The summed E-state index contributed by atoms with van der Waals surface area (Å²) in [5.74, 6) is 1.46. The topological polar surface area (TPSA) is 48.6 Å². The number of ether oxygens (including phenoxy) is 1. The van der Waals surface area contributed by atoms with Crippen molar-refractivity contribution in [2.24, 2.45) is 5.92 Å². The fraction of sp³-hybridized carbons (Fsp3) is 0.526. The second-order valence-electron chi connectivity index (χ2n) is 6.82. The minimum atomic E-state index is -0.00209. The van der Waals surface area contributed by atoms with Gasteiger partial charge in [-0.15, -0.1) is 0 Å². The lowest BCUT2D eigenvalue weighted by molar-refractivity contribution is 0.232. The Morgan fingerprint density at radius 2 is 2.21 bits per heavy atom. The molecule has 0 aliphatic carbocycles. The van der Waals surface area contributed by atoms with E-state index in [9.17, 15) is 4.79 Å². The van der Waals surface area contributed by atoms with E-state index in [2.05, 4.69) is 28.8 Å². The molecule has 5 nitrogen and oxygen atoms in total. The van der Waals surface area contributed by atoms with Crippen LogP contribution in [0.25, 0.3) is 10.9 Å². The molecule has 1 saturated heterocycles. The first-order valence-electron chi connectivity index (χ1n) is 8.70. The Bertz CT molecular complexity index is 756. The van der Waals surface area contributed by atoms with Gasteiger partial charge in [-0.3, -0.25) is 9.69 Å². The highest BCUT2D eigenvalue weighted by atomic mass is 16.5. The summed E-state index contributed by atoms with van der Waals surface area (Å²) in [5.41, 5.74) is 1.65. The van der Waals surface area contributed by atoms with Crippen LogP contribution in [0.15, 0.2) is 29.1 Å². The van der Waals surface area contributed by atoms with Crippen molar-refractivity contribution in [3.63, 3.8) is 0 Å².